The Balaban J connectivity index is 2.17. The van der Waals surface area contributed by atoms with Gasteiger partial charge in [0.2, 0.25) is 0 Å². The molecule has 1 heterocycles. The zero-order chi connectivity index (χ0) is 10.1. The minimum absolute atomic E-state index is 0.602. The Labute approximate surface area is 90.0 Å². The molecule has 0 saturated carbocycles. The molecule has 2 heteroatoms. The fraction of sp³-hybridized carbons (Fsp3) is 0.333. The smallest absolute Gasteiger partial charge is 0.0407 e. The van der Waals surface area contributed by atoms with Crippen LogP contribution in [0.15, 0.2) is 36.4 Å². The van der Waals surface area contributed by atoms with Gasteiger partial charge in [-0.05, 0) is 30.2 Å². The van der Waals surface area contributed by atoms with E-state index in [9.17, 15) is 0 Å². The zero-order valence-corrected chi connectivity index (χ0v) is 9.09. The molecule has 1 aliphatic heterocycles. The maximum absolute atomic E-state index is 5.84. The van der Waals surface area contributed by atoms with Gasteiger partial charge in [-0.25, -0.2) is 0 Å². The van der Waals surface area contributed by atoms with Crippen molar-refractivity contribution in [3.8, 4) is 0 Å². The quantitative estimate of drug-likeness (QED) is 0.639. The van der Waals surface area contributed by atoms with E-state index in [1.54, 1.807) is 0 Å². The van der Waals surface area contributed by atoms with Gasteiger partial charge in [0.25, 0.3) is 0 Å². The number of hydrogen-bond acceptors (Lipinski definition) is 1. The summed E-state index contributed by atoms with van der Waals surface area (Å²) in [5.41, 5.74) is 2.56. The molecule has 0 unspecified atom stereocenters. The average Bonchev–Trinajstić information content (AvgIpc) is 2.48. The minimum Gasteiger partial charge on any atom is -0.367 e. The summed E-state index contributed by atoms with van der Waals surface area (Å²) in [5, 5.41) is 0.792. The normalized spacial score (nSPS) is 21.7. The molecule has 14 heavy (non-hydrogen) atoms. The van der Waals surface area contributed by atoms with E-state index < -0.39 is 0 Å². The average molecular weight is 208 g/mol. The molecule has 0 N–H and O–H groups in total. The van der Waals surface area contributed by atoms with Crippen LogP contribution in [0.5, 0.6) is 0 Å². The molecular weight excluding hydrogens is 194 g/mol. The van der Waals surface area contributed by atoms with E-state index in [1.165, 1.54) is 11.3 Å². The summed E-state index contributed by atoms with van der Waals surface area (Å²) >= 11 is 5.84. The van der Waals surface area contributed by atoms with Crippen LogP contribution in [0, 0.1) is 5.92 Å². The van der Waals surface area contributed by atoms with Gasteiger partial charge in [0.15, 0.2) is 0 Å². The lowest BCUT2D eigenvalue weighted by Gasteiger charge is -2.17. The lowest BCUT2D eigenvalue weighted by atomic mass is 10.1. The number of hydrogen-bond donors (Lipinski definition) is 0. The molecule has 2 rings (SSSR count). The maximum atomic E-state index is 5.84. The van der Waals surface area contributed by atoms with Crippen molar-refractivity contribution in [3.05, 3.63) is 41.4 Å². The highest BCUT2D eigenvalue weighted by Gasteiger charge is 2.21. The lowest BCUT2D eigenvalue weighted by Crippen LogP contribution is -2.18. The van der Waals surface area contributed by atoms with Gasteiger partial charge in [-0.1, -0.05) is 30.7 Å². The molecule has 1 fully saturated rings. The molecular formula is C12H14ClN. The molecule has 0 aromatic heterocycles. The van der Waals surface area contributed by atoms with E-state index in [0.29, 0.717) is 5.92 Å². The number of nitrogens with zero attached hydrogens (tertiary/aromatic N) is 1. The van der Waals surface area contributed by atoms with Crippen molar-refractivity contribution in [2.45, 2.75) is 6.92 Å². The Morgan fingerprint density at radius 1 is 1.36 bits per heavy atom. The molecule has 1 saturated heterocycles. The van der Waals surface area contributed by atoms with Crippen LogP contribution in [0.3, 0.4) is 0 Å². The second-order valence-corrected chi connectivity index (χ2v) is 4.35. The predicted octanol–water partition coefficient (Wildman–Crippen LogP) is 3.35. The van der Waals surface area contributed by atoms with Crippen molar-refractivity contribution in [1.82, 2.24) is 0 Å². The molecule has 0 bridgehead atoms. The predicted molar refractivity (Wildman–Crippen MR) is 62.0 cm³/mol. The highest BCUT2D eigenvalue weighted by Crippen LogP contribution is 2.27. The van der Waals surface area contributed by atoms with Crippen molar-refractivity contribution in [2.24, 2.45) is 5.92 Å². The molecule has 74 valence electrons. The van der Waals surface area contributed by atoms with Gasteiger partial charge in [0, 0.05) is 23.8 Å². The van der Waals surface area contributed by atoms with Crippen molar-refractivity contribution >= 4 is 17.3 Å². The fourth-order valence-corrected chi connectivity index (χ4v) is 1.90. The van der Waals surface area contributed by atoms with Gasteiger partial charge in [0.05, 0.1) is 0 Å². The SMILES string of the molecule is C=C1CN(c2ccc(Cl)cc2)C[C@@H]1C. The number of anilines is 1. The standard InChI is InChI=1S/C12H14ClN/c1-9-7-14(8-10(9)2)12-5-3-11(13)4-6-12/h3-6,10H,1,7-8H2,2H3/t10-/m0/s1. The third kappa shape index (κ3) is 1.78. The second-order valence-electron chi connectivity index (χ2n) is 3.92. The molecule has 1 nitrogen and oxygen atoms in total. The molecule has 1 atom stereocenters. The van der Waals surface area contributed by atoms with Gasteiger partial charge >= 0.3 is 0 Å². The largest absolute Gasteiger partial charge is 0.367 e. The highest BCUT2D eigenvalue weighted by molar-refractivity contribution is 6.30. The molecule has 1 aliphatic rings. The summed E-state index contributed by atoms with van der Waals surface area (Å²) in [6.07, 6.45) is 0. The summed E-state index contributed by atoms with van der Waals surface area (Å²) in [7, 11) is 0. The van der Waals surface area contributed by atoms with Crippen LogP contribution in [0.25, 0.3) is 0 Å². The van der Waals surface area contributed by atoms with Crippen molar-refractivity contribution < 1.29 is 0 Å². The van der Waals surface area contributed by atoms with Crippen LogP contribution in [-0.4, -0.2) is 13.1 Å². The number of halogens is 1. The first-order chi connectivity index (χ1) is 6.66. The Morgan fingerprint density at radius 2 is 2.00 bits per heavy atom. The first-order valence-corrected chi connectivity index (χ1v) is 5.23. The monoisotopic (exact) mass is 207 g/mol. The lowest BCUT2D eigenvalue weighted by molar-refractivity contribution is 0.759. The van der Waals surface area contributed by atoms with Crippen molar-refractivity contribution in [1.29, 1.82) is 0 Å². The molecule has 0 amide bonds. The van der Waals surface area contributed by atoms with E-state index in [-0.39, 0.29) is 0 Å². The van der Waals surface area contributed by atoms with Gasteiger partial charge < -0.3 is 4.90 Å². The van der Waals surface area contributed by atoms with E-state index in [0.717, 1.165) is 18.1 Å². The number of benzene rings is 1. The number of rotatable bonds is 1. The summed E-state index contributed by atoms with van der Waals surface area (Å²) < 4.78 is 0. The van der Waals surface area contributed by atoms with E-state index >= 15 is 0 Å². The fourth-order valence-electron chi connectivity index (χ4n) is 1.77. The van der Waals surface area contributed by atoms with E-state index in [4.69, 9.17) is 11.6 Å². The van der Waals surface area contributed by atoms with E-state index in [2.05, 4.69) is 30.5 Å². The van der Waals surface area contributed by atoms with Crippen molar-refractivity contribution in [2.75, 3.05) is 18.0 Å². The maximum Gasteiger partial charge on any atom is 0.0407 e. The third-order valence-electron chi connectivity index (χ3n) is 2.78. The van der Waals surface area contributed by atoms with E-state index in [1.807, 2.05) is 12.1 Å². The Morgan fingerprint density at radius 3 is 2.50 bits per heavy atom. The summed E-state index contributed by atoms with van der Waals surface area (Å²) in [6, 6.07) is 7.99. The summed E-state index contributed by atoms with van der Waals surface area (Å²) in [6.45, 7) is 8.33. The Hall–Kier alpha value is -0.950. The Kier molecular flexibility index (Phi) is 2.51. The first kappa shape index (κ1) is 9.60. The highest BCUT2D eigenvalue weighted by atomic mass is 35.5. The van der Waals surface area contributed by atoms with Gasteiger partial charge in [-0.3, -0.25) is 0 Å². The summed E-state index contributed by atoms with van der Waals surface area (Å²) in [4.78, 5) is 2.34. The van der Waals surface area contributed by atoms with Crippen molar-refractivity contribution in [3.63, 3.8) is 0 Å². The zero-order valence-electron chi connectivity index (χ0n) is 8.33. The van der Waals surface area contributed by atoms with Gasteiger partial charge in [-0.15, -0.1) is 0 Å². The molecule has 0 spiro atoms. The summed E-state index contributed by atoms with van der Waals surface area (Å²) in [5.74, 6) is 0.602. The van der Waals surface area contributed by atoms with Crippen LogP contribution in [0.2, 0.25) is 5.02 Å². The molecule has 1 aromatic rings. The molecule has 0 radical (unpaired) electrons. The topological polar surface area (TPSA) is 3.24 Å². The first-order valence-electron chi connectivity index (χ1n) is 4.85. The van der Waals surface area contributed by atoms with Crippen LogP contribution < -0.4 is 4.90 Å². The van der Waals surface area contributed by atoms with Crippen LogP contribution in [0.4, 0.5) is 5.69 Å². The van der Waals surface area contributed by atoms with Gasteiger partial charge in [-0.2, -0.15) is 0 Å². The molecule has 1 aromatic carbocycles. The van der Waals surface area contributed by atoms with Crippen LogP contribution in [-0.2, 0) is 0 Å². The minimum atomic E-state index is 0.602. The van der Waals surface area contributed by atoms with Crippen LogP contribution >= 0.6 is 11.6 Å². The van der Waals surface area contributed by atoms with Gasteiger partial charge in [0.1, 0.15) is 0 Å². The third-order valence-corrected chi connectivity index (χ3v) is 3.03. The Bertz CT molecular complexity index is 342. The second kappa shape index (κ2) is 3.66. The molecule has 0 aliphatic carbocycles. The van der Waals surface area contributed by atoms with Crippen LogP contribution in [0.1, 0.15) is 6.92 Å².